The fraction of sp³-hybridized carbons (Fsp3) is 0.353. The molecule has 1 aromatic carbocycles. The van der Waals surface area contributed by atoms with Gasteiger partial charge >= 0.3 is 0 Å². The van der Waals surface area contributed by atoms with Crippen LogP contribution in [-0.4, -0.2) is 18.1 Å². The highest BCUT2D eigenvalue weighted by molar-refractivity contribution is 5.58. The summed E-state index contributed by atoms with van der Waals surface area (Å²) >= 11 is 0. The van der Waals surface area contributed by atoms with Gasteiger partial charge < -0.3 is 10.2 Å². The predicted molar refractivity (Wildman–Crippen MR) is 82.8 cm³/mol. The normalized spacial score (nSPS) is 13.5. The summed E-state index contributed by atoms with van der Waals surface area (Å²) in [6.07, 6.45) is 2.90. The SMILES string of the molecule is CCNCc1ccc(CN2CCc3ccc(F)cc32)nc1. The van der Waals surface area contributed by atoms with E-state index in [0.717, 1.165) is 44.0 Å². The molecule has 0 bridgehead atoms. The van der Waals surface area contributed by atoms with Crippen molar-refractivity contribution >= 4 is 5.69 Å². The number of anilines is 1. The van der Waals surface area contributed by atoms with Gasteiger partial charge in [-0.25, -0.2) is 4.39 Å². The number of nitrogens with zero attached hydrogens (tertiary/aromatic N) is 2. The summed E-state index contributed by atoms with van der Waals surface area (Å²) in [5.74, 6) is -0.172. The molecule has 0 saturated carbocycles. The van der Waals surface area contributed by atoms with Crippen LogP contribution < -0.4 is 10.2 Å². The van der Waals surface area contributed by atoms with Gasteiger partial charge in [-0.15, -0.1) is 0 Å². The second kappa shape index (κ2) is 6.22. The number of rotatable bonds is 5. The average Bonchev–Trinajstić information content (AvgIpc) is 2.89. The molecule has 0 aliphatic carbocycles. The van der Waals surface area contributed by atoms with E-state index in [4.69, 9.17) is 0 Å². The molecule has 1 aliphatic rings. The lowest BCUT2D eigenvalue weighted by molar-refractivity contribution is 0.627. The van der Waals surface area contributed by atoms with Gasteiger partial charge in [0.05, 0.1) is 12.2 Å². The van der Waals surface area contributed by atoms with Crippen molar-refractivity contribution < 1.29 is 4.39 Å². The van der Waals surface area contributed by atoms with Crippen LogP contribution in [0.3, 0.4) is 0 Å². The Bertz CT molecular complexity index is 610. The molecule has 1 aromatic heterocycles. The van der Waals surface area contributed by atoms with Crippen molar-refractivity contribution in [2.75, 3.05) is 18.0 Å². The highest BCUT2D eigenvalue weighted by Crippen LogP contribution is 2.29. The third kappa shape index (κ3) is 3.22. The fourth-order valence-electron chi connectivity index (χ4n) is 2.70. The highest BCUT2D eigenvalue weighted by Gasteiger charge is 2.19. The van der Waals surface area contributed by atoms with Gasteiger partial charge in [0.1, 0.15) is 5.82 Å². The van der Waals surface area contributed by atoms with Crippen molar-refractivity contribution in [3.63, 3.8) is 0 Å². The van der Waals surface area contributed by atoms with E-state index in [9.17, 15) is 4.39 Å². The lowest BCUT2D eigenvalue weighted by Gasteiger charge is -2.19. The molecule has 0 amide bonds. The maximum absolute atomic E-state index is 13.4. The maximum atomic E-state index is 13.4. The van der Waals surface area contributed by atoms with Gasteiger partial charge in [0.25, 0.3) is 0 Å². The van der Waals surface area contributed by atoms with Crippen molar-refractivity contribution in [1.29, 1.82) is 0 Å². The number of hydrogen-bond acceptors (Lipinski definition) is 3. The Morgan fingerprint density at radius 1 is 1.29 bits per heavy atom. The predicted octanol–water partition coefficient (Wildman–Crippen LogP) is 2.89. The van der Waals surface area contributed by atoms with E-state index < -0.39 is 0 Å². The van der Waals surface area contributed by atoms with Gasteiger partial charge in [0.15, 0.2) is 0 Å². The van der Waals surface area contributed by atoms with Crippen LogP contribution in [0.2, 0.25) is 0 Å². The van der Waals surface area contributed by atoms with E-state index in [1.165, 1.54) is 17.2 Å². The van der Waals surface area contributed by atoms with Crippen molar-refractivity contribution in [1.82, 2.24) is 10.3 Å². The molecule has 2 heterocycles. The van der Waals surface area contributed by atoms with E-state index in [2.05, 4.69) is 34.3 Å². The van der Waals surface area contributed by atoms with Gasteiger partial charge in [-0.1, -0.05) is 19.1 Å². The Balaban J connectivity index is 1.69. The number of halogens is 1. The van der Waals surface area contributed by atoms with Crippen LogP contribution in [0.1, 0.15) is 23.7 Å². The monoisotopic (exact) mass is 285 g/mol. The van der Waals surface area contributed by atoms with E-state index in [0.29, 0.717) is 0 Å². The molecule has 110 valence electrons. The summed E-state index contributed by atoms with van der Waals surface area (Å²) in [5, 5.41) is 3.28. The summed E-state index contributed by atoms with van der Waals surface area (Å²) in [5.41, 5.74) is 4.44. The minimum Gasteiger partial charge on any atom is -0.365 e. The quantitative estimate of drug-likeness (QED) is 0.915. The summed E-state index contributed by atoms with van der Waals surface area (Å²) in [4.78, 5) is 6.71. The first-order chi connectivity index (χ1) is 10.3. The molecule has 1 aliphatic heterocycles. The highest BCUT2D eigenvalue weighted by atomic mass is 19.1. The first kappa shape index (κ1) is 14.0. The lowest BCUT2D eigenvalue weighted by atomic mass is 10.1. The third-order valence-corrected chi connectivity index (χ3v) is 3.86. The second-order valence-electron chi connectivity index (χ2n) is 5.38. The Morgan fingerprint density at radius 2 is 2.19 bits per heavy atom. The zero-order valence-electron chi connectivity index (χ0n) is 12.3. The smallest absolute Gasteiger partial charge is 0.125 e. The molecule has 21 heavy (non-hydrogen) atoms. The molecule has 0 spiro atoms. The van der Waals surface area contributed by atoms with Gasteiger partial charge in [-0.2, -0.15) is 0 Å². The largest absolute Gasteiger partial charge is 0.365 e. The molecule has 0 saturated heterocycles. The van der Waals surface area contributed by atoms with Gasteiger partial charge in [-0.05, 0) is 42.3 Å². The van der Waals surface area contributed by atoms with Crippen molar-refractivity contribution in [3.05, 3.63) is 59.2 Å². The van der Waals surface area contributed by atoms with Crippen LogP contribution in [0.5, 0.6) is 0 Å². The average molecular weight is 285 g/mol. The Labute approximate surface area is 124 Å². The number of pyridine rings is 1. The number of benzene rings is 1. The van der Waals surface area contributed by atoms with Gasteiger partial charge in [0.2, 0.25) is 0 Å². The second-order valence-corrected chi connectivity index (χ2v) is 5.38. The molecule has 0 fully saturated rings. The maximum Gasteiger partial charge on any atom is 0.125 e. The standard InChI is InChI=1S/C17H20FN3/c1-2-19-10-13-3-6-16(20-11-13)12-21-8-7-14-4-5-15(18)9-17(14)21/h3-6,9,11,19H,2,7-8,10,12H2,1H3. The van der Waals surface area contributed by atoms with E-state index in [1.54, 1.807) is 6.07 Å². The van der Waals surface area contributed by atoms with Crippen molar-refractivity contribution in [2.24, 2.45) is 0 Å². The summed E-state index contributed by atoms with van der Waals surface area (Å²) in [6, 6.07) is 9.22. The van der Waals surface area contributed by atoms with Crippen molar-refractivity contribution in [3.8, 4) is 0 Å². The first-order valence-corrected chi connectivity index (χ1v) is 7.44. The molecule has 3 nitrogen and oxygen atoms in total. The molecule has 0 unspecified atom stereocenters. The molecule has 1 N–H and O–H groups in total. The number of hydrogen-bond donors (Lipinski definition) is 1. The summed E-state index contributed by atoms with van der Waals surface area (Å²) in [7, 11) is 0. The molecule has 2 aromatic rings. The zero-order valence-corrected chi connectivity index (χ0v) is 12.3. The van der Waals surface area contributed by atoms with Crippen LogP contribution in [0.15, 0.2) is 36.5 Å². The van der Waals surface area contributed by atoms with Crippen LogP contribution in [-0.2, 0) is 19.5 Å². The molecule has 4 heteroatoms. The topological polar surface area (TPSA) is 28.2 Å². The summed E-state index contributed by atoms with van der Waals surface area (Å²) < 4.78 is 13.4. The number of nitrogens with one attached hydrogen (secondary N) is 1. The van der Waals surface area contributed by atoms with Crippen LogP contribution >= 0.6 is 0 Å². The van der Waals surface area contributed by atoms with Crippen LogP contribution in [0, 0.1) is 5.82 Å². The number of aromatic nitrogens is 1. The Morgan fingerprint density at radius 3 is 2.95 bits per heavy atom. The fourth-order valence-corrected chi connectivity index (χ4v) is 2.70. The van der Waals surface area contributed by atoms with Crippen LogP contribution in [0.25, 0.3) is 0 Å². The molecule has 3 rings (SSSR count). The minimum absolute atomic E-state index is 0.172. The van der Waals surface area contributed by atoms with Gasteiger partial charge in [-0.3, -0.25) is 4.98 Å². The zero-order chi connectivity index (χ0) is 14.7. The summed E-state index contributed by atoms with van der Waals surface area (Å²) in [6.45, 7) is 5.56. The minimum atomic E-state index is -0.172. The molecule has 0 radical (unpaired) electrons. The lowest BCUT2D eigenvalue weighted by Crippen LogP contribution is -2.20. The first-order valence-electron chi connectivity index (χ1n) is 7.44. The van der Waals surface area contributed by atoms with E-state index in [-0.39, 0.29) is 5.82 Å². The third-order valence-electron chi connectivity index (χ3n) is 3.86. The molecule has 0 atom stereocenters. The van der Waals surface area contributed by atoms with Gasteiger partial charge in [0, 0.05) is 25.0 Å². The van der Waals surface area contributed by atoms with Crippen molar-refractivity contribution in [2.45, 2.75) is 26.4 Å². The number of fused-ring (bicyclic) bond motifs is 1. The molecular weight excluding hydrogens is 265 g/mol. The molecular formula is C17H20FN3. The van der Waals surface area contributed by atoms with E-state index >= 15 is 0 Å². The van der Waals surface area contributed by atoms with Crippen LogP contribution in [0.4, 0.5) is 10.1 Å². The van der Waals surface area contributed by atoms with E-state index in [1.807, 2.05) is 12.3 Å². The Kier molecular flexibility index (Phi) is 4.15. The Hall–Kier alpha value is -1.94.